The summed E-state index contributed by atoms with van der Waals surface area (Å²) in [5.41, 5.74) is 0. The summed E-state index contributed by atoms with van der Waals surface area (Å²) in [4.78, 5) is 2.81. The quantitative estimate of drug-likeness (QED) is 0.226. The van der Waals surface area contributed by atoms with E-state index >= 15 is 0 Å². The molecular weight excluding hydrogens is 302 g/mol. The highest BCUT2D eigenvalue weighted by molar-refractivity contribution is 4.67. The van der Waals surface area contributed by atoms with Gasteiger partial charge in [-0.3, -0.25) is 0 Å². The van der Waals surface area contributed by atoms with Crippen LogP contribution in [0.15, 0.2) is 0 Å². The second-order valence-corrected chi connectivity index (χ2v) is 9.20. The first kappa shape index (κ1) is 25.0. The predicted molar refractivity (Wildman–Crippen MR) is 116 cm³/mol. The van der Waals surface area contributed by atoms with Crippen LogP contribution in [0.25, 0.3) is 0 Å². The summed E-state index contributed by atoms with van der Waals surface area (Å²) in [5, 5.41) is 0. The van der Waals surface area contributed by atoms with Crippen molar-refractivity contribution < 1.29 is 0 Å². The lowest BCUT2D eigenvalue weighted by atomic mass is 9.98. The largest absolute Gasteiger partial charge is 0.303 e. The van der Waals surface area contributed by atoms with Crippen LogP contribution in [-0.4, -0.2) is 24.5 Å². The maximum atomic E-state index is 2.81. The first-order chi connectivity index (χ1) is 12.0. The van der Waals surface area contributed by atoms with Crippen LogP contribution in [0, 0.1) is 17.8 Å². The van der Waals surface area contributed by atoms with Crippen LogP contribution in [0.5, 0.6) is 0 Å². The Hall–Kier alpha value is -0.0400. The molecule has 0 amide bonds. The second kappa shape index (κ2) is 17.4. The van der Waals surface area contributed by atoms with E-state index < -0.39 is 0 Å². The second-order valence-electron chi connectivity index (χ2n) is 9.20. The van der Waals surface area contributed by atoms with Crippen LogP contribution < -0.4 is 0 Å². The number of rotatable bonds is 18. The number of unbranched alkanes of at least 4 members (excludes halogenated alkanes) is 5. The average molecular weight is 354 g/mol. The van der Waals surface area contributed by atoms with E-state index in [1.54, 1.807) is 0 Å². The van der Waals surface area contributed by atoms with Crippen molar-refractivity contribution in [2.45, 2.75) is 119 Å². The molecule has 0 spiro atoms. The van der Waals surface area contributed by atoms with Gasteiger partial charge in [-0.15, -0.1) is 0 Å². The third kappa shape index (κ3) is 17.1. The van der Waals surface area contributed by atoms with Gasteiger partial charge in [0.15, 0.2) is 0 Å². The zero-order valence-corrected chi connectivity index (χ0v) is 18.8. The van der Waals surface area contributed by atoms with Gasteiger partial charge in [0.2, 0.25) is 0 Å². The lowest BCUT2D eigenvalue weighted by Gasteiger charge is -2.27. The molecule has 1 heteroatoms. The third-order valence-electron chi connectivity index (χ3n) is 5.57. The van der Waals surface area contributed by atoms with Crippen LogP contribution in [0.3, 0.4) is 0 Å². The zero-order valence-electron chi connectivity index (χ0n) is 18.8. The first-order valence-electron chi connectivity index (χ1n) is 11.7. The van der Waals surface area contributed by atoms with Crippen LogP contribution in [0.2, 0.25) is 0 Å². The van der Waals surface area contributed by atoms with Crippen molar-refractivity contribution in [3.63, 3.8) is 0 Å². The van der Waals surface area contributed by atoms with E-state index in [0.717, 1.165) is 17.8 Å². The smallest absolute Gasteiger partial charge is 0.000955 e. The maximum Gasteiger partial charge on any atom is 0.000955 e. The molecule has 0 bridgehead atoms. The Kier molecular flexibility index (Phi) is 17.3. The van der Waals surface area contributed by atoms with Gasteiger partial charge in [0.25, 0.3) is 0 Å². The van der Waals surface area contributed by atoms with Crippen LogP contribution in [0.1, 0.15) is 119 Å². The molecule has 0 aromatic rings. The van der Waals surface area contributed by atoms with Gasteiger partial charge in [0, 0.05) is 6.54 Å². The molecule has 0 heterocycles. The van der Waals surface area contributed by atoms with Gasteiger partial charge in [0.1, 0.15) is 0 Å². The lowest BCUT2D eigenvalue weighted by molar-refractivity contribution is 0.209. The molecule has 1 unspecified atom stereocenters. The fraction of sp³-hybridized carbons (Fsp3) is 1.00. The van der Waals surface area contributed by atoms with Crippen molar-refractivity contribution in [2.75, 3.05) is 19.6 Å². The van der Waals surface area contributed by atoms with Gasteiger partial charge in [-0.05, 0) is 50.1 Å². The van der Waals surface area contributed by atoms with E-state index in [-0.39, 0.29) is 0 Å². The molecule has 0 saturated heterocycles. The van der Waals surface area contributed by atoms with E-state index in [0.29, 0.717) is 0 Å². The molecule has 1 nitrogen and oxygen atoms in total. The van der Waals surface area contributed by atoms with Gasteiger partial charge < -0.3 is 4.90 Å². The fourth-order valence-electron chi connectivity index (χ4n) is 3.71. The molecule has 0 saturated carbocycles. The van der Waals surface area contributed by atoms with Gasteiger partial charge in [-0.2, -0.15) is 0 Å². The van der Waals surface area contributed by atoms with Gasteiger partial charge in [-0.25, -0.2) is 0 Å². The molecule has 0 aliphatic carbocycles. The molecule has 25 heavy (non-hydrogen) atoms. The summed E-state index contributed by atoms with van der Waals surface area (Å²) in [6.07, 6.45) is 16.9. The Bertz CT molecular complexity index is 241. The molecule has 0 fully saturated rings. The zero-order chi connectivity index (χ0) is 18.9. The van der Waals surface area contributed by atoms with E-state index in [9.17, 15) is 0 Å². The summed E-state index contributed by atoms with van der Waals surface area (Å²) >= 11 is 0. The summed E-state index contributed by atoms with van der Waals surface area (Å²) < 4.78 is 0. The summed E-state index contributed by atoms with van der Waals surface area (Å²) in [7, 11) is 0. The van der Waals surface area contributed by atoms with Crippen LogP contribution >= 0.6 is 0 Å². The number of hydrogen-bond donors (Lipinski definition) is 0. The Balaban J connectivity index is 4.14. The number of hydrogen-bond acceptors (Lipinski definition) is 1. The minimum absolute atomic E-state index is 0.871. The van der Waals surface area contributed by atoms with E-state index in [1.807, 2.05) is 0 Å². The highest BCUT2D eigenvalue weighted by Gasteiger charge is 2.12. The maximum absolute atomic E-state index is 2.81. The van der Waals surface area contributed by atoms with Gasteiger partial charge >= 0.3 is 0 Å². The summed E-state index contributed by atoms with van der Waals surface area (Å²) in [5.74, 6) is 2.66. The first-order valence-corrected chi connectivity index (χ1v) is 11.7. The average Bonchev–Trinajstić information content (AvgIpc) is 2.56. The minimum atomic E-state index is 0.871. The molecule has 0 aliphatic rings. The van der Waals surface area contributed by atoms with Crippen molar-refractivity contribution in [1.29, 1.82) is 0 Å². The molecule has 0 N–H and O–H groups in total. The molecule has 0 aliphatic heterocycles. The van der Waals surface area contributed by atoms with Crippen molar-refractivity contribution in [2.24, 2.45) is 17.8 Å². The third-order valence-corrected chi connectivity index (χ3v) is 5.57. The highest BCUT2D eigenvalue weighted by Crippen LogP contribution is 2.17. The molecular formula is C24H51N. The molecule has 0 aromatic heterocycles. The molecule has 0 radical (unpaired) electrons. The van der Waals surface area contributed by atoms with E-state index in [1.165, 1.54) is 96.7 Å². The molecule has 152 valence electrons. The Morgan fingerprint density at radius 3 is 1.52 bits per heavy atom. The monoisotopic (exact) mass is 353 g/mol. The van der Waals surface area contributed by atoms with E-state index in [4.69, 9.17) is 0 Å². The van der Waals surface area contributed by atoms with Crippen LogP contribution in [0.4, 0.5) is 0 Å². The topological polar surface area (TPSA) is 3.24 Å². The normalized spacial score (nSPS) is 13.3. The summed E-state index contributed by atoms with van der Waals surface area (Å²) in [6, 6.07) is 0. The Morgan fingerprint density at radius 1 is 0.600 bits per heavy atom. The fourth-order valence-corrected chi connectivity index (χ4v) is 3.71. The standard InChI is InChI=1S/C24H51N/c1-7-9-18-24(8-2)21-25(19-14-10-12-16-22(3)4)20-15-11-13-17-23(5)6/h22-24H,7-21H2,1-6H3. The van der Waals surface area contributed by atoms with Crippen molar-refractivity contribution in [3.8, 4) is 0 Å². The van der Waals surface area contributed by atoms with Crippen LogP contribution in [-0.2, 0) is 0 Å². The molecule has 0 rings (SSSR count). The lowest BCUT2D eigenvalue weighted by Crippen LogP contribution is -2.31. The van der Waals surface area contributed by atoms with E-state index in [2.05, 4.69) is 46.4 Å². The van der Waals surface area contributed by atoms with Crippen molar-refractivity contribution >= 4 is 0 Å². The Labute approximate surface area is 161 Å². The van der Waals surface area contributed by atoms with Gasteiger partial charge in [-0.1, -0.05) is 99.3 Å². The van der Waals surface area contributed by atoms with Crippen molar-refractivity contribution in [3.05, 3.63) is 0 Å². The van der Waals surface area contributed by atoms with Crippen molar-refractivity contribution in [1.82, 2.24) is 4.90 Å². The minimum Gasteiger partial charge on any atom is -0.303 e. The van der Waals surface area contributed by atoms with Gasteiger partial charge in [0.05, 0.1) is 0 Å². The SMILES string of the molecule is CCCCC(CC)CN(CCCCCC(C)C)CCCCCC(C)C. The molecule has 1 atom stereocenters. The Morgan fingerprint density at radius 2 is 1.12 bits per heavy atom. The number of nitrogens with zero attached hydrogens (tertiary/aromatic N) is 1. The summed E-state index contributed by atoms with van der Waals surface area (Å²) in [6.45, 7) is 18.1. The predicted octanol–water partition coefficient (Wildman–Crippen LogP) is 7.94. The molecule has 0 aromatic carbocycles. The highest BCUT2D eigenvalue weighted by atomic mass is 15.1.